The van der Waals surface area contributed by atoms with Crippen LogP contribution in [0, 0.1) is 0 Å². The van der Waals surface area contributed by atoms with Crippen molar-refractivity contribution in [3.63, 3.8) is 0 Å². The predicted molar refractivity (Wildman–Crippen MR) is 107 cm³/mol. The Bertz CT molecular complexity index is 532. The molecule has 2 unspecified atom stereocenters. The van der Waals surface area contributed by atoms with Crippen LogP contribution >= 0.6 is 35.7 Å². The van der Waals surface area contributed by atoms with Gasteiger partial charge in [0.05, 0.1) is 0 Å². The number of aryl methyl sites for hydroxylation is 1. The van der Waals surface area contributed by atoms with E-state index >= 15 is 0 Å². The van der Waals surface area contributed by atoms with Crippen molar-refractivity contribution in [1.82, 2.24) is 25.4 Å². The summed E-state index contributed by atoms with van der Waals surface area (Å²) >= 11 is 1.98. The minimum Gasteiger partial charge on any atom is -0.357 e. The van der Waals surface area contributed by atoms with E-state index in [9.17, 15) is 0 Å². The third kappa shape index (κ3) is 4.74. The molecule has 3 rings (SSSR count). The molecule has 1 aromatic rings. The molecular formula is C15H27IN6S. The molecule has 1 aliphatic heterocycles. The highest BCUT2D eigenvalue weighted by Crippen LogP contribution is 2.28. The van der Waals surface area contributed by atoms with Crippen LogP contribution in [0.15, 0.2) is 4.99 Å². The van der Waals surface area contributed by atoms with Gasteiger partial charge in [-0.1, -0.05) is 0 Å². The fourth-order valence-electron chi connectivity index (χ4n) is 3.28. The lowest BCUT2D eigenvalue weighted by Gasteiger charge is -2.17. The Morgan fingerprint density at radius 2 is 2.26 bits per heavy atom. The number of nitrogens with zero attached hydrogens (tertiary/aromatic N) is 4. The van der Waals surface area contributed by atoms with Gasteiger partial charge in [0, 0.05) is 30.8 Å². The summed E-state index contributed by atoms with van der Waals surface area (Å²) in [5, 5.41) is 16.2. The number of thioether (sulfide) groups is 1. The van der Waals surface area contributed by atoms with E-state index in [0.29, 0.717) is 12.6 Å². The average molecular weight is 450 g/mol. The summed E-state index contributed by atoms with van der Waals surface area (Å²) in [5.74, 6) is 3.00. The summed E-state index contributed by atoms with van der Waals surface area (Å²) in [5.41, 5.74) is 0. The Morgan fingerprint density at radius 1 is 1.39 bits per heavy atom. The van der Waals surface area contributed by atoms with Crippen molar-refractivity contribution in [3.05, 3.63) is 11.6 Å². The Hall–Kier alpha value is -0.510. The fourth-order valence-corrected chi connectivity index (χ4v) is 4.07. The smallest absolute Gasteiger partial charge is 0.191 e. The zero-order chi connectivity index (χ0) is 15.4. The summed E-state index contributed by atoms with van der Waals surface area (Å²) in [6, 6.07) is 0.541. The van der Waals surface area contributed by atoms with E-state index < -0.39 is 0 Å². The van der Waals surface area contributed by atoms with E-state index in [2.05, 4.69) is 38.6 Å². The van der Waals surface area contributed by atoms with Crippen molar-refractivity contribution < 1.29 is 0 Å². The number of hydrogen-bond donors (Lipinski definition) is 2. The first kappa shape index (κ1) is 18.8. The van der Waals surface area contributed by atoms with Gasteiger partial charge in [-0.2, -0.15) is 11.8 Å². The monoisotopic (exact) mass is 450 g/mol. The van der Waals surface area contributed by atoms with Crippen LogP contribution < -0.4 is 10.6 Å². The quantitative estimate of drug-likeness (QED) is 0.409. The zero-order valence-electron chi connectivity index (χ0n) is 13.9. The molecule has 2 N–H and O–H groups in total. The van der Waals surface area contributed by atoms with Crippen LogP contribution in [0.5, 0.6) is 0 Å². The molecule has 8 heteroatoms. The molecule has 0 bridgehead atoms. The molecule has 1 saturated carbocycles. The van der Waals surface area contributed by atoms with Gasteiger partial charge in [-0.25, -0.2) is 4.99 Å². The highest BCUT2D eigenvalue weighted by molar-refractivity contribution is 14.0. The van der Waals surface area contributed by atoms with Crippen LogP contribution in [0.3, 0.4) is 0 Å². The third-order valence-corrected chi connectivity index (χ3v) is 5.56. The van der Waals surface area contributed by atoms with Crippen molar-refractivity contribution in [2.45, 2.75) is 63.4 Å². The molecule has 1 aliphatic carbocycles. The molecule has 1 aromatic heterocycles. The summed E-state index contributed by atoms with van der Waals surface area (Å²) < 4.78 is 2.21. The van der Waals surface area contributed by atoms with Gasteiger partial charge < -0.3 is 15.2 Å². The Balaban J connectivity index is 0.00000192. The van der Waals surface area contributed by atoms with Gasteiger partial charge in [0.1, 0.15) is 12.4 Å². The maximum absolute atomic E-state index is 4.71. The minimum absolute atomic E-state index is 0. The normalized spacial score (nSPS) is 23.5. The third-order valence-electron chi connectivity index (χ3n) is 4.47. The summed E-state index contributed by atoms with van der Waals surface area (Å²) in [6.45, 7) is 4.62. The molecule has 1 fully saturated rings. The van der Waals surface area contributed by atoms with Gasteiger partial charge >= 0.3 is 0 Å². The SMILES string of the molecule is CCNC(=NCc1nnc2n1CCC2)NC1CCC(SC)C1.I. The molecule has 0 aromatic carbocycles. The second-order valence-corrected chi connectivity index (χ2v) is 7.13. The number of aliphatic imine (C=N–C) groups is 1. The average Bonchev–Trinajstić information content (AvgIpc) is 3.22. The Kier molecular flexibility index (Phi) is 7.45. The van der Waals surface area contributed by atoms with Crippen LogP contribution in [-0.4, -0.2) is 44.8 Å². The van der Waals surface area contributed by atoms with Gasteiger partial charge in [0.15, 0.2) is 11.8 Å². The molecule has 6 nitrogen and oxygen atoms in total. The first-order valence-electron chi connectivity index (χ1n) is 8.28. The van der Waals surface area contributed by atoms with E-state index in [1.807, 2.05) is 11.8 Å². The van der Waals surface area contributed by atoms with Crippen molar-refractivity contribution in [1.29, 1.82) is 0 Å². The van der Waals surface area contributed by atoms with Crippen molar-refractivity contribution in [2.75, 3.05) is 12.8 Å². The lowest BCUT2D eigenvalue weighted by molar-refractivity contribution is 0.612. The molecule has 130 valence electrons. The lowest BCUT2D eigenvalue weighted by atomic mass is 10.2. The number of fused-ring (bicyclic) bond motifs is 1. The fraction of sp³-hybridized carbons (Fsp3) is 0.800. The number of nitrogens with one attached hydrogen (secondary N) is 2. The largest absolute Gasteiger partial charge is 0.357 e. The number of rotatable bonds is 5. The van der Waals surface area contributed by atoms with Crippen LogP contribution in [0.2, 0.25) is 0 Å². The number of halogens is 1. The second kappa shape index (κ2) is 9.10. The van der Waals surface area contributed by atoms with Crippen LogP contribution in [0.1, 0.15) is 44.3 Å². The standard InChI is InChI=1S/C15H26N6S.HI/c1-3-16-15(18-11-6-7-12(9-11)22-2)17-10-14-20-19-13-5-4-8-21(13)14;/h11-12H,3-10H2,1-2H3,(H2,16,17,18);1H. The van der Waals surface area contributed by atoms with Crippen molar-refractivity contribution in [3.8, 4) is 0 Å². The lowest BCUT2D eigenvalue weighted by Crippen LogP contribution is -2.42. The topological polar surface area (TPSA) is 67.1 Å². The molecule has 2 heterocycles. The molecule has 0 radical (unpaired) electrons. The number of hydrogen-bond acceptors (Lipinski definition) is 4. The molecule has 2 atom stereocenters. The van der Waals surface area contributed by atoms with E-state index in [0.717, 1.165) is 42.4 Å². The summed E-state index contributed by atoms with van der Waals surface area (Å²) in [4.78, 5) is 4.71. The Labute approximate surface area is 159 Å². The highest BCUT2D eigenvalue weighted by Gasteiger charge is 2.24. The second-order valence-electron chi connectivity index (χ2n) is 5.99. The number of guanidine groups is 1. The molecule has 0 spiro atoms. The van der Waals surface area contributed by atoms with Crippen LogP contribution in [-0.2, 0) is 19.5 Å². The highest BCUT2D eigenvalue weighted by atomic mass is 127. The van der Waals surface area contributed by atoms with Gasteiger partial charge in [-0.3, -0.25) is 0 Å². The summed E-state index contributed by atoms with van der Waals surface area (Å²) in [6.07, 6.45) is 8.20. The van der Waals surface area contributed by atoms with E-state index in [1.165, 1.54) is 25.7 Å². The molecule has 2 aliphatic rings. The van der Waals surface area contributed by atoms with Gasteiger partial charge in [0.25, 0.3) is 0 Å². The van der Waals surface area contributed by atoms with Crippen molar-refractivity contribution >= 4 is 41.7 Å². The van der Waals surface area contributed by atoms with Gasteiger partial charge in [0.2, 0.25) is 0 Å². The predicted octanol–water partition coefficient (Wildman–Crippen LogP) is 2.18. The van der Waals surface area contributed by atoms with Crippen LogP contribution in [0.25, 0.3) is 0 Å². The van der Waals surface area contributed by atoms with E-state index in [1.54, 1.807) is 0 Å². The number of aromatic nitrogens is 3. The maximum atomic E-state index is 4.71. The molecule has 0 amide bonds. The Morgan fingerprint density at radius 3 is 3.00 bits per heavy atom. The maximum Gasteiger partial charge on any atom is 0.191 e. The van der Waals surface area contributed by atoms with E-state index in [4.69, 9.17) is 4.99 Å². The van der Waals surface area contributed by atoms with Crippen LogP contribution in [0.4, 0.5) is 0 Å². The van der Waals surface area contributed by atoms with Crippen molar-refractivity contribution in [2.24, 2.45) is 4.99 Å². The minimum atomic E-state index is 0. The summed E-state index contributed by atoms with van der Waals surface area (Å²) in [7, 11) is 0. The zero-order valence-corrected chi connectivity index (χ0v) is 17.1. The molecule has 0 saturated heterocycles. The van der Waals surface area contributed by atoms with Gasteiger partial charge in [-0.15, -0.1) is 34.2 Å². The first-order valence-corrected chi connectivity index (χ1v) is 9.57. The first-order chi connectivity index (χ1) is 10.8. The van der Waals surface area contributed by atoms with E-state index in [-0.39, 0.29) is 24.0 Å². The van der Waals surface area contributed by atoms with Gasteiger partial charge in [-0.05, 0) is 38.9 Å². The molecular weight excluding hydrogens is 423 g/mol. The molecule has 23 heavy (non-hydrogen) atoms.